The summed E-state index contributed by atoms with van der Waals surface area (Å²) in [4.78, 5) is 11.6. The highest BCUT2D eigenvalue weighted by molar-refractivity contribution is 5.70. The van der Waals surface area contributed by atoms with Crippen molar-refractivity contribution in [2.75, 3.05) is 6.54 Å². The maximum Gasteiger partial charge on any atom is 0.307 e. The number of nitrogens with one attached hydrogen (secondary N) is 1. The monoisotopic (exact) mass is 233 g/mol. The molecule has 1 aliphatic rings. The molecule has 1 heterocycles. The van der Waals surface area contributed by atoms with Crippen LogP contribution in [0.3, 0.4) is 0 Å². The molecule has 1 fully saturated rings. The van der Waals surface area contributed by atoms with Gasteiger partial charge in [0.1, 0.15) is 6.61 Å². The minimum Gasteiger partial charge on any atom is -0.461 e. The Labute approximate surface area is 102 Å². The van der Waals surface area contributed by atoms with Crippen molar-refractivity contribution in [2.24, 2.45) is 0 Å². The van der Waals surface area contributed by atoms with Crippen LogP contribution >= 0.6 is 0 Å². The summed E-state index contributed by atoms with van der Waals surface area (Å²) in [6, 6.07) is 10.1. The van der Waals surface area contributed by atoms with E-state index in [2.05, 4.69) is 5.32 Å². The molecular weight excluding hydrogens is 214 g/mol. The van der Waals surface area contributed by atoms with Crippen molar-refractivity contribution in [3.8, 4) is 0 Å². The van der Waals surface area contributed by atoms with E-state index in [0.29, 0.717) is 19.1 Å². The topological polar surface area (TPSA) is 38.3 Å². The van der Waals surface area contributed by atoms with Crippen LogP contribution in [0.25, 0.3) is 0 Å². The molecule has 0 aliphatic carbocycles. The molecule has 0 amide bonds. The second-order valence-corrected chi connectivity index (χ2v) is 4.50. The zero-order valence-electron chi connectivity index (χ0n) is 10.0. The zero-order chi connectivity index (χ0) is 11.9. The third-order valence-electron chi connectivity index (χ3n) is 3.07. The van der Waals surface area contributed by atoms with Crippen LogP contribution in [0.1, 0.15) is 31.2 Å². The summed E-state index contributed by atoms with van der Waals surface area (Å²) >= 11 is 0. The molecule has 3 nitrogen and oxygen atoms in total. The van der Waals surface area contributed by atoms with Gasteiger partial charge in [0.2, 0.25) is 0 Å². The van der Waals surface area contributed by atoms with Crippen molar-refractivity contribution in [1.82, 2.24) is 5.32 Å². The Morgan fingerprint density at radius 1 is 1.29 bits per heavy atom. The average molecular weight is 233 g/mol. The van der Waals surface area contributed by atoms with Crippen LogP contribution in [0.5, 0.6) is 0 Å². The van der Waals surface area contributed by atoms with E-state index in [-0.39, 0.29) is 5.97 Å². The lowest BCUT2D eigenvalue weighted by Gasteiger charge is -2.22. The fraction of sp³-hybridized carbons (Fsp3) is 0.500. The second-order valence-electron chi connectivity index (χ2n) is 4.50. The van der Waals surface area contributed by atoms with E-state index < -0.39 is 0 Å². The molecule has 1 saturated heterocycles. The van der Waals surface area contributed by atoms with Gasteiger partial charge in [-0.2, -0.15) is 0 Å². The number of carbonyl (C=O) groups is 1. The standard InChI is InChI=1S/C14H19NO2/c16-14(10-13-8-4-5-9-15-13)17-11-12-6-2-1-3-7-12/h1-3,6-7,13,15H,4-5,8-11H2. The number of hydrogen-bond acceptors (Lipinski definition) is 3. The number of hydrogen-bond donors (Lipinski definition) is 1. The predicted molar refractivity (Wildman–Crippen MR) is 66.5 cm³/mol. The van der Waals surface area contributed by atoms with E-state index in [0.717, 1.165) is 18.5 Å². The highest BCUT2D eigenvalue weighted by Gasteiger charge is 2.16. The number of piperidine rings is 1. The smallest absolute Gasteiger partial charge is 0.307 e. The van der Waals surface area contributed by atoms with Gasteiger partial charge in [0, 0.05) is 6.04 Å². The zero-order valence-corrected chi connectivity index (χ0v) is 10.0. The van der Waals surface area contributed by atoms with Gasteiger partial charge >= 0.3 is 5.97 Å². The molecule has 1 atom stereocenters. The molecular formula is C14H19NO2. The van der Waals surface area contributed by atoms with Crippen molar-refractivity contribution in [2.45, 2.75) is 38.3 Å². The first-order valence-electron chi connectivity index (χ1n) is 6.27. The van der Waals surface area contributed by atoms with Crippen LogP contribution in [0, 0.1) is 0 Å². The summed E-state index contributed by atoms with van der Waals surface area (Å²) in [6.07, 6.45) is 4.01. The summed E-state index contributed by atoms with van der Waals surface area (Å²) in [5.41, 5.74) is 1.04. The maximum absolute atomic E-state index is 11.6. The fourth-order valence-electron chi connectivity index (χ4n) is 2.10. The number of ether oxygens (including phenoxy) is 1. The van der Waals surface area contributed by atoms with Crippen LogP contribution in [0.4, 0.5) is 0 Å². The molecule has 0 aromatic heterocycles. The maximum atomic E-state index is 11.6. The van der Waals surface area contributed by atoms with Gasteiger partial charge in [-0.25, -0.2) is 0 Å². The minimum absolute atomic E-state index is 0.103. The van der Waals surface area contributed by atoms with Crippen molar-refractivity contribution in [3.63, 3.8) is 0 Å². The lowest BCUT2D eigenvalue weighted by atomic mass is 10.0. The molecule has 1 aromatic carbocycles. The fourth-order valence-corrected chi connectivity index (χ4v) is 2.10. The summed E-state index contributed by atoms with van der Waals surface area (Å²) in [7, 11) is 0. The van der Waals surface area contributed by atoms with E-state index in [1.807, 2.05) is 30.3 Å². The Bertz CT molecular complexity index is 344. The Kier molecular flexibility index (Phi) is 4.56. The lowest BCUT2D eigenvalue weighted by molar-refractivity contribution is -0.145. The normalized spacial score (nSPS) is 19.9. The Morgan fingerprint density at radius 3 is 2.82 bits per heavy atom. The SMILES string of the molecule is O=C(CC1CCCCN1)OCc1ccccc1. The molecule has 3 heteroatoms. The van der Waals surface area contributed by atoms with E-state index in [1.54, 1.807) is 0 Å². The van der Waals surface area contributed by atoms with Gasteiger partial charge in [-0.15, -0.1) is 0 Å². The van der Waals surface area contributed by atoms with E-state index >= 15 is 0 Å². The molecule has 1 aromatic rings. The predicted octanol–water partition coefficient (Wildman–Crippen LogP) is 2.26. The summed E-state index contributed by atoms with van der Waals surface area (Å²) in [6.45, 7) is 1.41. The third kappa shape index (κ3) is 4.19. The van der Waals surface area contributed by atoms with Crippen LogP contribution in [0.2, 0.25) is 0 Å². The van der Waals surface area contributed by atoms with Gasteiger partial charge in [0.15, 0.2) is 0 Å². The largest absolute Gasteiger partial charge is 0.461 e. The van der Waals surface area contributed by atoms with Crippen molar-refractivity contribution in [3.05, 3.63) is 35.9 Å². The molecule has 0 bridgehead atoms. The second kappa shape index (κ2) is 6.40. The number of esters is 1. The molecule has 1 unspecified atom stereocenters. The van der Waals surface area contributed by atoms with Crippen LogP contribution in [-0.4, -0.2) is 18.6 Å². The Morgan fingerprint density at radius 2 is 2.12 bits per heavy atom. The van der Waals surface area contributed by atoms with Crippen LogP contribution in [0.15, 0.2) is 30.3 Å². The van der Waals surface area contributed by atoms with E-state index in [4.69, 9.17) is 4.74 Å². The number of rotatable bonds is 4. The average Bonchev–Trinajstić information content (AvgIpc) is 2.39. The Balaban J connectivity index is 1.70. The number of carbonyl (C=O) groups excluding carboxylic acids is 1. The minimum atomic E-state index is -0.103. The van der Waals surface area contributed by atoms with Gasteiger partial charge < -0.3 is 10.1 Å². The number of benzene rings is 1. The van der Waals surface area contributed by atoms with Crippen molar-refractivity contribution < 1.29 is 9.53 Å². The third-order valence-corrected chi connectivity index (χ3v) is 3.07. The lowest BCUT2D eigenvalue weighted by Crippen LogP contribution is -2.36. The molecule has 0 radical (unpaired) electrons. The van der Waals surface area contributed by atoms with E-state index in [1.165, 1.54) is 12.8 Å². The molecule has 17 heavy (non-hydrogen) atoms. The molecule has 1 N–H and O–H groups in total. The molecule has 1 aliphatic heterocycles. The van der Waals surface area contributed by atoms with Gasteiger partial charge in [0.05, 0.1) is 6.42 Å². The molecule has 0 saturated carbocycles. The van der Waals surface area contributed by atoms with Gasteiger partial charge in [-0.05, 0) is 24.9 Å². The summed E-state index contributed by atoms with van der Waals surface area (Å²) in [5.74, 6) is -0.103. The van der Waals surface area contributed by atoms with Crippen molar-refractivity contribution >= 4 is 5.97 Å². The molecule has 2 rings (SSSR count). The van der Waals surface area contributed by atoms with Crippen LogP contribution in [-0.2, 0) is 16.1 Å². The first kappa shape index (κ1) is 12.1. The highest BCUT2D eigenvalue weighted by atomic mass is 16.5. The Hall–Kier alpha value is -1.35. The van der Waals surface area contributed by atoms with Crippen LogP contribution < -0.4 is 5.32 Å². The van der Waals surface area contributed by atoms with E-state index in [9.17, 15) is 4.79 Å². The quantitative estimate of drug-likeness (QED) is 0.811. The molecule has 92 valence electrons. The van der Waals surface area contributed by atoms with Gasteiger partial charge in [0.25, 0.3) is 0 Å². The highest BCUT2D eigenvalue weighted by Crippen LogP contribution is 2.11. The summed E-state index contributed by atoms with van der Waals surface area (Å²) < 4.78 is 5.25. The van der Waals surface area contributed by atoms with Gasteiger partial charge in [-0.1, -0.05) is 36.8 Å². The van der Waals surface area contributed by atoms with Gasteiger partial charge in [-0.3, -0.25) is 4.79 Å². The first-order chi connectivity index (χ1) is 8.34. The first-order valence-corrected chi connectivity index (χ1v) is 6.27. The molecule has 0 spiro atoms. The van der Waals surface area contributed by atoms with Crippen molar-refractivity contribution in [1.29, 1.82) is 0 Å². The summed E-state index contributed by atoms with van der Waals surface area (Å²) in [5, 5.41) is 3.35.